The van der Waals surface area contributed by atoms with E-state index in [-0.39, 0.29) is 11.3 Å². The van der Waals surface area contributed by atoms with Gasteiger partial charge in [-0.3, -0.25) is 14.5 Å². The number of aromatic nitrogens is 1. The second-order valence-corrected chi connectivity index (χ2v) is 11.2. The molecule has 2 aliphatic rings. The van der Waals surface area contributed by atoms with E-state index in [9.17, 15) is 14.7 Å². The van der Waals surface area contributed by atoms with E-state index in [0.29, 0.717) is 71.2 Å². The lowest BCUT2D eigenvalue weighted by Gasteiger charge is -2.24. The number of fused-ring (bicyclic) bond motifs is 2. The third kappa shape index (κ3) is 5.62. The van der Waals surface area contributed by atoms with Gasteiger partial charge < -0.3 is 24.1 Å². The van der Waals surface area contributed by atoms with Gasteiger partial charge in [-0.1, -0.05) is 43.2 Å². The molecule has 9 nitrogen and oxygen atoms in total. The summed E-state index contributed by atoms with van der Waals surface area (Å²) in [6.45, 7) is 5.90. The Hall–Kier alpha value is -4.57. The number of unbranched alkanes of at least 4 members (excludes halogenated alkanes) is 2. The summed E-state index contributed by atoms with van der Waals surface area (Å²) in [5.74, 6) is 0.424. The second-order valence-electron chi connectivity index (χ2n) is 10.2. The maximum atomic E-state index is 13.7. The fraction of sp³-hybridized carbons (Fsp3) is 0.303. The minimum Gasteiger partial charge on any atom is -0.507 e. The van der Waals surface area contributed by atoms with Crippen molar-refractivity contribution in [3.8, 4) is 23.0 Å². The first-order chi connectivity index (χ1) is 21.0. The number of rotatable bonds is 10. The number of carbonyl (C=O) groups excluding carboxylic acids is 2. The molecule has 1 fully saturated rings. The highest BCUT2D eigenvalue weighted by Gasteiger charge is 2.48. The molecule has 222 valence electrons. The summed E-state index contributed by atoms with van der Waals surface area (Å²) in [4.78, 5) is 33.5. The van der Waals surface area contributed by atoms with Gasteiger partial charge in [0.05, 0.1) is 35.0 Å². The summed E-state index contributed by atoms with van der Waals surface area (Å²) in [6.07, 6.45) is 3.04. The molecule has 0 aliphatic carbocycles. The number of ketones is 1. The van der Waals surface area contributed by atoms with Crippen molar-refractivity contribution in [1.82, 2.24) is 4.98 Å². The molecule has 0 spiro atoms. The van der Waals surface area contributed by atoms with E-state index < -0.39 is 17.7 Å². The van der Waals surface area contributed by atoms with Crippen molar-refractivity contribution in [3.63, 3.8) is 0 Å². The number of hydrogen-bond acceptors (Lipinski definition) is 9. The van der Waals surface area contributed by atoms with Crippen molar-refractivity contribution in [3.05, 3.63) is 77.4 Å². The molecule has 10 heteroatoms. The van der Waals surface area contributed by atoms with Gasteiger partial charge in [-0.2, -0.15) is 0 Å². The van der Waals surface area contributed by atoms with E-state index in [2.05, 4.69) is 6.92 Å². The Morgan fingerprint density at radius 3 is 2.60 bits per heavy atom. The molecule has 1 atom stereocenters. The molecule has 4 aromatic rings. The van der Waals surface area contributed by atoms with E-state index in [1.165, 1.54) is 16.2 Å². The molecular formula is C33H32N2O7S. The van der Waals surface area contributed by atoms with E-state index >= 15 is 0 Å². The van der Waals surface area contributed by atoms with Crippen molar-refractivity contribution >= 4 is 44.1 Å². The molecule has 3 heterocycles. The lowest BCUT2D eigenvalue weighted by Crippen LogP contribution is -2.29. The quantitative estimate of drug-likeness (QED) is 0.0932. The lowest BCUT2D eigenvalue weighted by molar-refractivity contribution is -0.132. The number of aliphatic hydroxyl groups excluding tert-OH is 1. The minimum atomic E-state index is -0.945. The van der Waals surface area contributed by atoms with Crippen LogP contribution in [-0.2, 0) is 9.59 Å². The van der Waals surface area contributed by atoms with E-state index in [1.807, 2.05) is 49.4 Å². The van der Waals surface area contributed by atoms with Gasteiger partial charge in [0, 0.05) is 5.56 Å². The fourth-order valence-corrected chi connectivity index (χ4v) is 6.28. The number of ether oxygens (including phenoxy) is 4. The van der Waals surface area contributed by atoms with Crippen LogP contribution >= 0.6 is 11.3 Å². The molecule has 3 aromatic carbocycles. The highest BCUT2D eigenvalue weighted by atomic mass is 32.1. The zero-order chi connectivity index (χ0) is 29.9. The molecule has 1 aromatic heterocycles. The highest BCUT2D eigenvalue weighted by molar-refractivity contribution is 7.22. The Labute approximate surface area is 253 Å². The van der Waals surface area contributed by atoms with Crippen molar-refractivity contribution in [1.29, 1.82) is 0 Å². The molecular weight excluding hydrogens is 568 g/mol. The van der Waals surface area contributed by atoms with Crippen LogP contribution in [0.25, 0.3) is 16.0 Å². The summed E-state index contributed by atoms with van der Waals surface area (Å²) in [7, 11) is 0. The predicted octanol–water partition coefficient (Wildman–Crippen LogP) is 6.66. The molecule has 0 unspecified atom stereocenters. The number of Topliss-reactive ketones (excluding diaryl/α,β-unsaturated/α-hetero) is 1. The normalized spacial score (nSPS) is 17.4. The Morgan fingerprint density at radius 1 is 0.977 bits per heavy atom. The molecule has 0 bridgehead atoms. The number of anilines is 1. The predicted molar refractivity (Wildman–Crippen MR) is 164 cm³/mol. The molecule has 1 amide bonds. The number of aliphatic hydroxyl groups is 1. The van der Waals surface area contributed by atoms with Gasteiger partial charge in [0.25, 0.3) is 5.78 Å². The number of benzene rings is 3. The zero-order valence-electron chi connectivity index (χ0n) is 24.0. The van der Waals surface area contributed by atoms with Crippen molar-refractivity contribution in [2.45, 2.75) is 39.2 Å². The lowest BCUT2D eigenvalue weighted by atomic mass is 9.95. The van der Waals surface area contributed by atoms with Crippen LogP contribution in [0.2, 0.25) is 0 Å². The molecule has 1 saturated heterocycles. The van der Waals surface area contributed by atoms with E-state index in [1.54, 1.807) is 18.2 Å². The van der Waals surface area contributed by atoms with E-state index in [0.717, 1.165) is 24.0 Å². The molecule has 2 aliphatic heterocycles. The molecule has 1 N–H and O–H groups in total. The summed E-state index contributed by atoms with van der Waals surface area (Å²) >= 11 is 1.28. The Balaban J connectivity index is 1.46. The Morgan fingerprint density at radius 2 is 1.79 bits per heavy atom. The fourth-order valence-electron chi connectivity index (χ4n) is 5.26. The van der Waals surface area contributed by atoms with Crippen molar-refractivity contribution in [2.75, 3.05) is 31.3 Å². The van der Waals surface area contributed by atoms with Gasteiger partial charge >= 0.3 is 5.91 Å². The maximum absolute atomic E-state index is 13.7. The highest BCUT2D eigenvalue weighted by Crippen LogP contribution is 2.46. The van der Waals surface area contributed by atoms with Crippen LogP contribution in [0, 0.1) is 0 Å². The van der Waals surface area contributed by atoms with Crippen LogP contribution in [0.4, 0.5) is 5.13 Å². The van der Waals surface area contributed by atoms with Gasteiger partial charge in [-0.05, 0) is 67.4 Å². The number of nitrogens with zero attached hydrogens (tertiary/aromatic N) is 2. The van der Waals surface area contributed by atoms with Gasteiger partial charge in [-0.25, -0.2) is 4.98 Å². The van der Waals surface area contributed by atoms with Crippen LogP contribution in [0.5, 0.6) is 23.0 Å². The summed E-state index contributed by atoms with van der Waals surface area (Å²) in [6, 6.07) is 16.8. The summed E-state index contributed by atoms with van der Waals surface area (Å²) in [5, 5.41) is 12.0. The van der Waals surface area contributed by atoms with Gasteiger partial charge in [0.15, 0.2) is 16.6 Å². The molecule has 43 heavy (non-hydrogen) atoms. The topological polar surface area (TPSA) is 107 Å². The number of carbonyl (C=O) groups is 2. The molecule has 0 saturated carbocycles. The SMILES string of the molecule is CCCCCOc1cccc([C@@H]2/C(=C(\O)c3ccc4c(c3)OCCO4)C(=O)C(=O)N2c2nc3ccc(OCC)cc3s2)c1. The first-order valence-corrected chi connectivity index (χ1v) is 15.3. The third-order valence-electron chi connectivity index (χ3n) is 7.32. The summed E-state index contributed by atoms with van der Waals surface area (Å²) in [5.41, 5.74) is 1.58. The van der Waals surface area contributed by atoms with Crippen molar-refractivity contribution < 1.29 is 33.6 Å². The van der Waals surface area contributed by atoms with Gasteiger partial charge in [0.1, 0.15) is 30.5 Å². The molecule has 0 radical (unpaired) electrons. The molecule has 6 rings (SSSR count). The minimum absolute atomic E-state index is 0.0425. The van der Waals surface area contributed by atoms with Crippen LogP contribution in [0.1, 0.15) is 50.3 Å². The summed E-state index contributed by atoms with van der Waals surface area (Å²) < 4.78 is 23.8. The van der Waals surface area contributed by atoms with Crippen LogP contribution in [-0.4, -0.2) is 48.2 Å². The Kier molecular flexibility index (Phi) is 8.20. The first-order valence-electron chi connectivity index (χ1n) is 14.5. The second kappa shape index (κ2) is 12.3. The maximum Gasteiger partial charge on any atom is 0.301 e. The van der Waals surface area contributed by atoms with Gasteiger partial charge in [-0.15, -0.1) is 0 Å². The van der Waals surface area contributed by atoms with Gasteiger partial charge in [0.2, 0.25) is 0 Å². The average Bonchev–Trinajstić information content (AvgIpc) is 3.56. The third-order valence-corrected chi connectivity index (χ3v) is 8.33. The number of amides is 1. The largest absolute Gasteiger partial charge is 0.507 e. The van der Waals surface area contributed by atoms with Crippen LogP contribution in [0.15, 0.2) is 66.2 Å². The standard InChI is InChI=1S/C33H32N2O7S/c1-3-5-6-14-40-22-9-7-8-20(17-22)29-28(30(36)21-10-13-25-26(18-21)42-16-15-41-25)31(37)32(38)35(29)33-34-24-12-11-23(39-4-2)19-27(24)43-33/h7-13,17-19,29,36H,3-6,14-16H2,1-2H3/b30-28+/t29-/m1/s1. The number of hydrogen-bond donors (Lipinski definition) is 1. The van der Waals surface area contributed by atoms with Crippen LogP contribution in [0.3, 0.4) is 0 Å². The first kappa shape index (κ1) is 28.5. The smallest absolute Gasteiger partial charge is 0.301 e. The zero-order valence-corrected chi connectivity index (χ0v) is 24.8. The van der Waals surface area contributed by atoms with Crippen molar-refractivity contribution in [2.24, 2.45) is 0 Å². The Bertz CT molecular complexity index is 1710. The average molecular weight is 601 g/mol. The monoisotopic (exact) mass is 600 g/mol. The van der Waals surface area contributed by atoms with Crippen LogP contribution < -0.4 is 23.8 Å². The van der Waals surface area contributed by atoms with E-state index in [4.69, 9.17) is 23.9 Å². The number of thiazole rings is 1.